The Kier molecular flexibility index (Phi) is 6.12. The number of unbranched alkanes of at least 4 members (excludes halogenated alkanes) is 1. The molecule has 0 radical (unpaired) electrons. The van der Waals surface area contributed by atoms with Crippen molar-refractivity contribution < 1.29 is 0 Å². The molecule has 7 heteroatoms. The van der Waals surface area contributed by atoms with Crippen LogP contribution in [0.1, 0.15) is 72.0 Å². The normalized spacial score (nSPS) is 20.8. The molecule has 1 fully saturated rings. The van der Waals surface area contributed by atoms with Crippen molar-refractivity contribution in [2.45, 2.75) is 85.4 Å². The summed E-state index contributed by atoms with van der Waals surface area (Å²) in [6.07, 6.45) is 6.83. The second-order valence-electron chi connectivity index (χ2n) is 9.27. The maximum atomic E-state index is 12.4. The maximum Gasteiger partial charge on any atom is 0.330 e. The van der Waals surface area contributed by atoms with Crippen molar-refractivity contribution in [2.24, 2.45) is 18.4 Å². The van der Waals surface area contributed by atoms with E-state index >= 15 is 0 Å². The molecule has 7 nitrogen and oxygen atoms in total. The van der Waals surface area contributed by atoms with Crippen molar-refractivity contribution in [3.05, 3.63) is 26.7 Å². The summed E-state index contributed by atoms with van der Waals surface area (Å²) in [6, 6.07) is 0.453. The highest BCUT2D eigenvalue weighted by Gasteiger charge is 2.34. The minimum Gasteiger partial charge on any atom is -0.324 e. The molecule has 1 saturated carbocycles. The van der Waals surface area contributed by atoms with E-state index in [2.05, 4.69) is 38.0 Å². The molecule has 0 bridgehead atoms. The lowest BCUT2D eigenvalue weighted by molar-refractivity contribution is 0.129. The Morgan fingerprint density at radius 1 is 1.21 bits per heavy atom. The number of nitrogens with zero attached hydrogens (tertiary/aromatic N) is 3. The van der Waals surface area contributed by atoms with Gasteiger partial charge in [-0.1, -0.05) is 47.0 Å². The zero-order valence-corrected chi connectivity index (χ0v) is 18.0. The van der Waals surface area contributed by atoms with Gasteiger partial charge in [0.2, 0.25) is 0 Å². The topological polar surface area (TPSA) is 84.7 Å². The molecule has 0 amide bonds. The molecule has 2 N–H and O–H groups in total. The summed E-state index contributed by atoms with van der Waals surface area (Å²) >= 11 is 0. The lowest BCUT2D eigenvalue weighted by Crippen LogP contribution is -2.44. The maximum absolute atomic E-state index is 12.4. The highest BCUT2D eigenvalue weighted by Crippen LogP contribution is 2.38. The number of fused-ring (bicyclic) bond motifs is 1. The third-order valence-corrected chi connectivity index (χ3v) is 6.24. The highest BCUT2D eigenvalue weighted by atomic mass is 16.2. The van der Waals surface area contributed by atoms with E-state index in [-0.39, 0.29) is 16.7 Å². The smallest absolute Gasteiger partial charge is 0.324 e. The van der Waals surface area contributed by atoms with E-state index in [1.54, 1.807) is 4.57 Å². The molecule has 2 atom stereocenters. The van der Waals surface area contributed by atoms with Crippen LogP contribution in [0.15, 0.2) is 9.59 Å². The summed E-state index contributed by atoms with van der Waals surface area (Å²) in [5.74, 6) is 1.43. The van der Waals surface area contributed by atoms with Crippen LogP contribution in [-0.4, -0.2) is 25.1 Å². The van der Waals surface area contributed by atoms with Crippen molar-refractivity contribution in [1.82, 2.24) is 24.4 Å². The Balaban J connectivity index is 1.89. The largest absolute Gasteiger partial charge is 0.330 e. The van der Waals surface area contributed by atoms with Gasteiger partial charge in [0.05, 0.1) is 6.54 Å². The minimum atomic E-state index is -0.372. The first-order valence-electron chi connectivity index (χ1n) is 10.7. The Labute approximate surface area is 166 Å². The summed E-state index contributed by atoms with van der Waals surface area (Å²) in [5, 5.41) is 3.71. The van der Waals surface area contributed by atoms with Crippen LogP contribution >= 0.6 is 0 Å². The number of hydrogen-bond donors (Lipinski definition) is 2. The van der Waals surface area contributed by atoms with Gasteiger partial charge in [-0.05, 0) is 30.6 Å². The van der Waals surface area contributed by atoms with E-state index in [0.29, 0.717) is 36.2 Å². The van der Waals surface area contributed by atoms with Gasteiger partial charge >= 0.3 is 5.69 Å². The molecular weight excluding hydrogens is 354 g/mol. The lowest BCUT2D eigenvalue weighted by atomic mass is 9.69. The standard InChI is InChI=1S/C21H35N5O2/c1-6-7-12-26-18-17(19(27)24-20(26)28)25(5)16(23-18)13-22-15-11-9-8-10-14(15)21(2,3)4/h14-15,22H,6-13H2,1-5H3,(H,24,27,28). The Morgan fingerprint density at radius 2 is 1.93 bits per heavy atom. The van der Waals surface area contributed by atoms with Crippen LogP contribution in [0.5, 0.6) is 0 Å². The predicted molar refractivity (Wildman–Crippen MR) is 113 cm³/mol. The summed E-state index contributed by atoms with van der Waals surface area (Å²) in [6.45, 7) is 10.2. The molecule has 3 rings (SSSR count). The van der Waals surface area contributed by atoms with Crippen LogP contribution in [0.2, 0.25) is 0 Å². The molecule has 0 aromatic carbocycles. The molecular formula is C21H35N5O2. The average molecular weight is 390 g/mol. The number of aromatic nitrogens is 4. The fourth-order valence-corrected chi connectivity index (χ4v) is 4.61. The first kappa shape index (κ1) is 20.8. The van der Waals surface area contributed by atoms with Crippen molar-refractivity contribution in [1.29, 1.82) is 0 Å². The Bertz CT molecular complexity index is 931. The van der Waals surface area contributed by atoms with Gasteiger partial charge in [0, 0.05) is 19.6 Å². The van der Waals surface area contributed by atoms with Gasteiger partial charge in [0.15, 0.2) is 11.2 Å². The number of H-pyrrole nitrogens is 1. The molecule has 2 heterocycles. The van der Waals surface area contributed by atoms with E-state index in [1.165, 1.54) is 25.7 Å². The van der Waals surface area contributed by atoms with Crippen LogP contribution in [0.3, 0.4) is 0 Å². The lowest BCUT2D eigenvalue weighted by Gasteiger charge is -2.41. The van der Waals surface area contributed by atoms with Crippen molar-refractivity contribution >= 4 is 11.2 Å². The molecule has 2 aromatic rings. The Morgan fingerprint density at radius 3 is 2.61 bits per heavy atom. The molecule has 1 aliphatic carbocycles. The van der Waals surface area contributed by atoms with Gasteiger partial charge in [-0.3, -0.25) is 14.3 Å². The summed E-state index contributed by atoms with van der Waals surface area (Å²) in [5.41, 5.74) is 0.506. The first-order chi connectivity index (χ1) is 13.2. The fourth-order valence-electron chi connectivity index (χ4n) is 4.61. The number of nitrogens with one attached hydrogen (secondary N) is 2. The van der Waals surface area contributed by atoms with E-state index in [0.717, 1.165) is 18.7 Å². The van der Waals surface area contributed by atoms with E-state index in [4.69, 9.17) is 4.98 Å². The van der Waals surface area contributed by atoms with Crippen LogP contribution in [0, 0.1) is 11.3 Å². The van der Waals surface area contributed by atoms with Gasteiger partial charge < -0.3 is 9.88 Å². The molecule has 156 valence electrons. The van der Waals surface area contributed by atoms with Gasteiger partial charge in [-0.2, -0.15) is 0 Å². The number of aryl methyl sites for hydroxylation is 2. The monoisotopic (exact) mass is 389 g/mol. The molecule has 2 aromatic heterocycles. The zero-order valence-electron chi connectivity index (χ0n) is 18.0. The summed E-state index contributed by atoms with van der Waals surface area (Å²) in [4.78, 5) is 31.8. The van der Waals surface area contributed by atoms with Crippen LogP contribution in [0.25, 0.3) is 11.2 Å². The molecule has 0 spiro atoms. The predicted octanol–water partition coefficient (Wildman–Crippen LogP) is 2.92. The van der Waals surface area contributed by atoms with Crippen molar-refractivity contribution in [3.8, 4) is 0 Å². The minimum absolute atomic E-state index is 0.266. The molecule has 2 unspecified atom stereocenters. The zero-order chi connectivity index (χ0) is 20.5. The average Bonchev–Trinajstić information content (AvgIpc) is 2.96. The second kappa shape index (κ2) is 8.23. The molecule has 1 aliphatic rings. The van der Waals surface area contributed by atoms with Crippen LogP contribution in [0.4, 0.5) is 0 Å². The van der Waals surface area contributed by atoms with Gasteiger partial charge in [-0.25, -0.2) is 9.78 Å². The highest BCUT2D eigenvalue weighted by molar-refractivity contribution is 5.70. The SMILES string of the molecule is CCCCn1c(=O)[nH]c(=O)c2c1nc(CNC1CCCCC1C(C)(C)C)n2C. The molecule has 0 saturated heterocycles. The number of rotatable bonds is 6. The Hall–Kier alpha value is -1.89. The second-order valence-corrected chi connectivity index (χ2v) is 9.27. The van der Waals surface area contributed by atoms with Gasteiger partial charge in [0.1, 0.15) is 5.82 Å². The van der Waals surface area contributed by atoms with E-state index in [9.17, 15) is 9.59 Å². The first-order valence-corrected chi connectivity index (χ1v) is 10.7. The van der Waals surface area contributed by atoms with Gasteiger partial charge in [0.25, 0.3) is 5.56 Å². The summed E-state index contributed by atoms with van der Waals surface area (Å²) in [7, 11) is 1.86. The van der Waals surface area contributed by atoms with Crippen molar-refractivity contribution in [3.63, 3.8) is 0 Å². The van der Waals surface area contributed by atoms with Gasteiger partial charge in [-0.15, -0.1) is 0 Å². The van der Waals surface area contributed by atoms with Crippen LogP contribution < -0.4 is 16.6 Å². The van der Waals surface area contributed by atoms with Crippen LogP contribution in [-0.2, 0) is 20.1 Å². The quantitative estimate of drug-likeness (QED) is 0.795. The van der Waals surface area contributed by atoms with E-state index in [1.807, 2.05) is 11.6 Å². The third-order valence-electron chi connectivity index (χ3n) is 6.24. The van der Waals surface area contributed by atoms with Crippen molar-refractivity contribution in [2.75, 3.05) is 0 Å². The third kappa shape index (κ3) is 4.09. The summed E-state index contributed by atoms with van der Waals surface area (Å²) < 4.78 is 3.43. The number of imidazole rings is 1. The molecule has 28 heavy (non-hydrogen) atoms. The number of aromatic amines is 1. The number of hydrogen-bond acceptors (Lipinski definition) is 4. The fraction of sp³-hybridized carbons (Fsp3) is 0.762. The molecule has 0 aliphatic heterocycles. The van der Waals surface area contributed by atoms with E-state index < -0.39 is 0 Å².